The largest absolute Gasteiger partial charge is 0.302 e. The summed E-state index contributed by atoms with van der Waals surface area (Å²) in [6.45, 7) is 1.53. The van der Waals surface area contributed by atoms with Gasteiger partial charge in [0.1, 0.15) is 0 Å². The molecule has 2 nitrogen and oxygen atoms in total. The SMILES string of the molecule is CN(CCC(=O)c1ccccc1)Cc1cccc(Cl)c1. The molecule has 0 N–H and O–H groups in total. The number of carbonyl (C=O) groups excluding carboxylic acids is 1. The minimum absolute atomic E-state index is 0.184. The Hall–Kier alpha value is -1.64. The average molecular weight is 288 g/mol. The van der Waals surface area contributed by atoms with Crippen molar-refractivity contribution in [3.8, 4) is 0 Å². The van der Waals surface area contributed by atoms with Crippen LogP contribution in [0.1, 0.15) is 22.3 Å². The Labute approximate surface area is 125 Å². The molecule has 2 rings (SSSR count). The molecule has 2 aromatic rings. The van der Waals surface area contributed by atoms with Gasteiger partial charge in [-0.2, -0.15) is 0 Å². The minimum atomic E-state index is 0.184. The fourth-order valence-electron chi connectivity index (χ4n) is 2.09. The predicted octanol–water partition coefficient (Wildman–Crippen LogP) is 4.04. The Morgan fingerprint density at radius 3 is 2.55 bits per heavy atom. The van der Waals surface area contributed by atoms with Gasteiger partial charge in [-0.3, -0.25) is 4.79 Å². The van der Waals surface area contributed by atoms with Crippen molar-refractivity contribution in [2.45, 2.75) is 13.0 Å². The zero-order chi connectivity index (χ0) is 14.4. The van der Waals surface area contributed by atoms with Crippen LogP contribution in [-0.4, -0.2) is 24.3 Å². The Morgan fingerprint density at radius 2 is 1.85 bits per heavy atom. The highest BCUT2D eigenvalue weighted by Gasteiger charge is 2.07. The average Bonchev–Trinajstić information content (AvgIpc) is 2.46. The number of carbonyl (C=O) groups is 1. The zero-order valence-electron chi connectivity index (χ0n) is 11.6. The number of hydrogen-bond acceptors (Lipinski definition) is 2. The lowest BCUT2D eigenvalue weighted by molar-refractivity contribution is 0.0968. The highest BCUT2D eigenvalue weighted by molar-refractivity contribution is 6.30. The first-order valence-corrected chi connectivity index (χ1v) is 7.04. The third-order valence-corrected chi connectivity index (χ3v) is 3.39. The normalized spacial score (nSPS) is 10.8. The second-order valence-electron chi connectivity index (χ2n) is 4.91. The van der Waals surface area contributed by atoms with E-state index in [-0.39, 0.29) is 5.78 Å². The van der Waals surface area contributed by atoms with Crippen molar-refractivity contribution < 1.29 is 4.79 Å². The number of hydrogen-bond donors (Lipinski definition) is 0. The van der Waals surface area contributed by atoms with Crippen LogP contribution in [0.25, 0.3) is 0 Å². The van der Waals surface area contributed by atoms with Gasteiger partial charge >= 0.3 is 0 Å². The van der Waals surface area contributed by atoms with Gasteiger partial charge in [0.2, 0.25) is 0 Å². The molecule has 0 spiro atoms. The fourth-order valence-corrected chi connectivity index (χ4v) is 2.30. The molecule has 0 saturated heterocycles. The van der Waals surface area contributed by atoms with Crippen molar-refractivity contribution in [2.75, 3.05) is 13.6 Å². The molecular formula is C17H18ClNO. The molecule has 3 heteroatoms. The molecule has 0 saturated carbocycles. The van der Waals surface area contributed by atoms with E-state index in [1.807, 2.05) is 61.6 Å². The second kappa shape index (κ2) is 7.22. The highest BCUT2D eigenvalue weighted by atomic mass is 35.5. The summed E-state index contributed by atoms with van der Waals surface area (Å²) in [6, 6.07) is 17.2. The predicted molar refractivity (Wildman–Crippen MR) is 83.2 cm³/mol. The summed E-state index contributed by atoms with van der Waals surface area (Å²) in [5.41, 5.74) is 1.94. The number of halogens is 1. The number of nitrogens with zero attached hydrogens (tertiary/aromatic N) is 1. The van der Waals surface area contributed by atoms with E-state index in [0.29, 0.717) is 6.42 Å². The fraction of sp³-hybridized carbons (Fsp3) is 0.235. The molecule has 0 atom stereocenters. The van der Waals surface area contributed by atoms with E-state index in [1.54, 1.807) is 0 Å². The summed E-state index contributed by atoms with van der Waals surface area (Å²) in [6.07, 6.45) is 0.529. The molecule has 20 heavy (non-hydrogen) atoms. The molecule has 0 fully saturated rings. The van der Waals surface area contributed by atoms with Crippen molar-refractivity contribution in [3.63, 3.8) is 0 Å². The summed E-state index contributed by atoms with van der Waals surface area (Å²) < 4.78 is 0. The molecule has 0 bridgehead atoms. The van der Waals surface area contributed by atoms with E-state index in [1.165, 1.54) is 0 Å². The lowest BCUT2D eigenvalue weighted by atomic mass is 10.1. The number of benzene rings is 2. The molecule has 2 aromatic carbocycles. The zero-order valence-corrected chi connectivity index (χ0v) is 12.3. The van der Waals surface area contributed by atoms with Crippen LogP contribution >= 0.6 is 11.6 Å². The van der Waals surface area contributed by atoms with Crippen LogP contribution in [0, 0.1) is 0 Å². The second-order valence-corrected chi connectivity index (χ2v) is 5.34. The van der Waals surface area contributed by atoms with Gasteiger partial charge in [-0.1, -0.05) is 54.1 Å². The van der Waals surface area contributed by atoms with Crippen LogP contribution in [0.15, 0.2) is 54.6 Å². The topological polar surface area (TPSA) is 20.3 Å². The summed E-state index contributed by atoms with van der Waals surface area (Å²) in [7, 11) is 2.01. The van der Waals surface area contributed by atoms with Crippen LogP contribution in [0.4, 0.5) is 0 Å². The van der Waals surface area contributed by atoms with Crippen LogP contribution < -0.4 is 0 Å². The van der Waals surface area contributed by atoms with E-state index in [4.69, 9.17) is 11.6 Å². The molecule has 0 aliphatic rings. The minimum Gasteiger partial charge on any atom is -0.302 e. The maximum atomic E-state index is 12.0. The Bertz CT molecular complexity index is 568. The van der Waals surface area contributed by atoms with Gasteiger partial charge in [0.25, 0.3) is 0 Å². The summed E-state index contributed by atoms with van der Waals surface area (Å²) >= 11 is 5.96. The van der Waals surface area contributed by atoms with E-state index in [0.717, 1.165) is 29.2 Å². The van der Waals surface area contributed by atoms with E-state index >= 15 is 0 Å². The maximum absolute atomic E-state index is 12.0. The lowest BCUT2D eigenvalue weighted by Crippen LogP contribution is -2.21. The maximum Gasteiger partial charge on any atom is 0.164 e. The molecule has 0 aromatic heterocycles. The number of Topliss-reactive ketones (excluding diaryl/α,β-unsaturated/α-hetero) is 1. The smallest absolute Gasteiger partial charge is 0.164 e. The molecule has 0 amide bonds. The van der Waals surface area contributed by atoms with Gasteiger partial charge in [0, 0.05) is 30.1 Å². The summed E-state index contributed by atoms with van der Waals surface area (Å²) in [5, 5.41) is 0.747. The van der Waals surface area contributed by atoms with Crippen molar-refractivity contribution in [2.24, 2.45) is 0 Å². The van der Waals surface area contributed by atoms with Gasteiger partial charge < -0.3 is 4.90 Å². The van der Waals surface area contributed by atoms with Crippen molar-refractivity contribution >= 4 is 17.4 Å². The van der Waals surface area contributed by atoms with Crippen LogP contribution in [0.3, 0.4) is 0 Å². The first-order chi connectivity index (χ1) is 9.65. The van der Waals surface area contributed by atoms with Crippen LogP contribution in [0.2, 0.25) is 5.02 Å². The third kappa shape index (κ3) is 4.48. The van der Waals surface area contributed by atoms with Crippen molar-refractivity contribution in [3.05, 3.63) is 70.7 Å². The van der Waals surface area contributed by atoms with Gasteiger partial charge in [0.15, 0.2) is 5.78 Å². The number of rotatable bonds is 6. The summed E-state index contributed by atoms with van der Waals surface area (Å²) in [5.74, 6) is 0.184. The van der Waals surface area contributed by atoms with Crippen molar-refractivity contribution in [1.29, 1.82) is 0 Å². The molecule has 0 radical (unpaired) electrons. The Kier molecular flexibility index (Phi) is 5.33. The molecule has 104 valence electrons. The lowest BCUT2D eigenvalue weighted by Gasteiger charge is -2.16. The van der Waals surface area contributed by atoms with E-state index in [2.05, 4.69) is 4.90 Å². The molecular weight excluding hydrogens is 270 g/mol. The van der Waals surface area contributed by atoms with E-state index in [9.17, 15) is 4.79 Å². The Morgan fingerprint density at radius 1 is 1.10 bits per heavy atom. The number of ketones is 1. The molecule has 0 unspecified atom stereocenters. The van der Waals surface area contributed by atoms with Gasteiger partial charge in [0.05, 0.1) is 0 Å². The standard InChI is InChI=1S/C17H18ClNO/c1-19(13-14-6-5-9-16(18)12-14)11-10-17(20)15-7-3-2-4-8-15/h2-9,12H,10-11,13H2,1H3. The molecule has 0 heterocycles. The van der Waals surface area contributed by atoms with Gasteiger partial charge in [-0.15, -0.1) is 0 Å². The quantitative estimate of drug-likeness (QED) is 0.747. The monoisotopic (exact) mass is 287 g/mol. The third-order valence-electron chi connectivity index (χ3n) is 3.16. The van der Waals surface area contributed by atoms with E-state index < -0.39 is 0 Å². The van der Waals surface area contributed by atoms with Crippen LogP contribution in [0.5, 0.6) is 0 Å². The van der Waals surface area contributed by atoms with Gasteiger partial charge in [-0.25, -0.2) is 0 Å². The molecule has 0 aliphatic heterocycles. The highest BCUT2D eigenvalue weighted by Crippen LogP contribution is 2.12. The van der Waals surface area contributed by atoms with Crippen LogP contribution in [-0.2, 0) is 6.54 Å². The van der Waals surface area contributed by atoms with Gasteiger partial charge in [-0.05, 0) is 24.7 Å². The first-order valence-electron chi connectivity index (χ1n) is 6.66. The Balaban J connectivity index is 1.83. The van der Waals surface area contributed by atoms with Crippen molar-refractivity contribution in [1.82, 2.24) is 4.90 Å². The summed E-state index contributed by atoms with van der Waals surface area (Å²) in [4.78, 5) is 14.1. The molecule has 0 aliphatic carbocycles. The first kappa shape index (κ1) is 14.8.